The van der Waals surface area contributed by atoms with Crippen molar-refractivity contribution in [1.82, 2.24) is 14.5 Å². The van der Waals surface area contributed by atoms with Gasteiger partial charge < -0.3 is 4.57 Å². The van der Waals surface area contributed by atoms with Crippen LogP contribution >= 0.6 is 0 Å². The molecule has 4 rings (SSSR count). The summed E-state index contributed by atoms with van der Waals surface area (Å²) < 4.78 is 25.9. The molecule has 5 nitrogen and oxygen atoms in total. The zero-order valence-electron chi connectivity index (χ0n) is 11.9. The number of imidazole rings is 1. The summed E-state index contributed by atoms with van der Waals surface area (Å²) >= 11 is 0. The fourth-order valence-corrected chi connectivity index (χ4v) is 5.50. The van der Waals surface area contributed by atoms with E-state index in [-0.39, 0.29) is 11.7 Å². The third-order valence-corrected chi connectivity index (χ3v) is 6.53. The third kappa shape index (κ3) is 2.25. The number of aromatic nitrogens is 3. The molecule has 6 heteroatoms. The van der Waals surface area contributed by atoms with E-state index < -0.39 is 9.84 Å². The smallest absolute Gasteiger partial charge is 0.160 e. The Bertz CT molecular complexity index is 775. The Morgan fingerprint density at radius 3 is 2.71 bits per heavy atom. The van der Waals surface area contributed by atoms with Gasteiger partial charge in [0.05, 0.1) is 11.5 Å². The molecule has 2 aromatic heterocycles. The van der Waals surface area contributed by atoms with Crippen LogP contribution < -0.4 is 0 Å². The van der Waals surface area contributed by atoms with Gasteiger partial charge in [0.2, 0.25) is 0 Å². The van der Waals surface area contributed by atoms with Gasteiger partial charge in [0.25, 0.3) is 0 Å². The van der Waals surface area contributed by atoms with E-state index in [4.69, 9.17) is 4.98 Å². The molecule has 21 heavy (non-hydrogen) atoms. The number of nitrogens with zero attached hydrogens (tertiary/aromatic N) is 3. The van der Waals surface area contributed by atoms with Gasteiger partial charge in [-0.2, -0.15) is 0 Å². The normalized spacial score (nSPS) is 25.8. The molecule has 1 saturated carbocycles. The van der Waals surface area contributed by atoms with Crippen LogP contribution in [0.1, 0.15) is 49.9 Å². The Kier molecular flexibility index (Phi) is 3.03. The second-order valence-electron chi connectivity index (χ2n) is 6.22. The highest BCUT2D eigenvalue weighted by molar-refractivity contribution is 7.91. The molecule has 1 atom stereocenters. The lowest BCUT2D eigenvalue weighted by Crippen LogP contribution is -2.14. The van der Waals surface area contributed by atoms with Crippen LogP contribution in [0, 0.1) is 0 Å². The van der Waals surface area contributed by atoms with Gasteiger partial charge in [0.1, 0.15) is 11.3 Å². The van der Waals surface area contributed by atoms with E-state index in [1.165, 1.54) is 12.8 Å². The maximum Gasteiger partial charge on any atom is 0.160 e. The number of hydrogen-bond acceptors (Lipinski definition) is 4. The molecule has 1 unspecified atom stereocenters. The molecule has 0 spiro atoms. The molecule has 1 aliphatic carbocycles. The first-order valence-corrected chi connectivity index (χ1v) is 9.49. The van der Waals surface area contributed by atoms with Gasteiger partial charge >= 0.3 is 0 Å². The van der Waals surface area contributed by atoms with Crippen LogP contribution in [0.15, 0.2) is 18.3 Å². The Morgan fingerprint density at radius 2 is 2.00 bits per heavy atom. The van der Waals surface area contributed by atoms with Crippen LogP contribution in [0.2, 0.25) is 0 Å². The molecule has 0 bridgehead atoms. The first kappa shape index (κ1) is 13.2. The molecule has 2 aliphatic rings. The monoisotopic (exact) mass is 305 g/mol. The van der Waals surface area contributed by atoms with Crippen molar-refractivity contribution < 1.29 is 8.42 Å². The summed E-state index contributed by atoms with van der Waals surface area (Å²) in [5.74, 6) is 1.50. The number of hydrogen-bond donors (Lipinski definition) is 0. The highest BCUT2D eigenvalue weighted by Gasteiger charge is 2.34. The number of sulfone groups is 1. The fraction of sp³-hybridized carbons (Fsp3) is 0.600. The van der Waals surface area contributed by atoms with Gasteiger partial charge in [-0.1, -0.05) is 12.8 Å². The maximum atomic E-state index is 11.8. The summed E-state index contributed by atoms with van der Waals surface area (Å²) in [6.45, 7) is 0. The van der Waals surface area contributed by atoms with Crippen LogP contribution in [0.25, 0.3) is 11.2 Å². The van der Waals surface area contributed by atoms with Gasteiger partial charge in [-0.15, -0.1) is 0 Å². The molecule has 0 radical (unpaired) electrons. The molecule has 0 amide bonds. The predicted octanol–water partition coefficient (Wildman–Crippen LogP) is 2.45. The van der Waals surface area contributed by atoms with E-state index in [9.17, 15) is 8.42 Å². The number of rotatable bonds is 2. The van der Waals surface area contributed by atoms with Crippen LogP contribution in [-0.2, 0) is 9.84 Å². The number of pyridine rings is 1. The summed E-state index contributed by atoms with van der Waals surface area (Å²) in [6, 6.07) is 4.30. The summed E-state index contributed by atoms with van der Waals surface area (Å²) in [5, 5.41) is 0. The summed E-state index contributed by atoms with van der Waals surface area (Å²) in [5.41, 5.74) is 1.81. The Labute approximate surface area is 124 Å². The second-order valence-corrected chi connectivity index (χ2v) is 8.45. The lowest BCUT2D eigenvalue weighted by atomic mass is 10.1. The molecule has 2 fully saturated rings. The predicted molar refractivity (Wildman–Crippen MR) is 81.0 cm³/mol. The van der Waals surface area contributed by atoms with Crippen LogP contribution in [-0.4, -0.2) is 34.5 Å². The van der Waals surface area contributed by atoms with E-state index in [1.807, 2.05) is 12.1 Å². The standard InChI is InChI=1S/C15H19N3O2S/c19-21(20)9-7-11(10-21)14-17-13-6-3-8-16-15(13)18(14)12-4-1-2-5-12/h3,6,8,11-12H,1-2,4-5,7,9-10H2. The van der Waals surface area contributed by atoms with Crippen LogP contribution in [0.4, 0.5) is 0 Å². The Balaban J connectivity index is 1.85. The maximum absolute atomic E-state index is 11.8. The molecule has 1 aliphatic heterocycles. The van der Waals surface area contributed by atoms with Crippen molar-refractivity contribution in [3.63, 3.8) is 0 Å². The Morgan fingerprint density at radius 1 is 1.19 bits per heavy atom. The lowest BCUT2D eigenvalue weighted by molar-refractivity contribution is 0.491. The molecular weight excluding hydrogens is 286 g/mol. The average molecular weight is 305 g/mol. The topological polar surface area (TPSA) is 64.8 Å². The molecule has 3 heterocycles. The largest absolute Gasteiger partial charge is 0.309 e. The first-order valence-electron chi connectivity index (χ1n) is 7.67. The van der Waals surface area contributed by atoms with Gasteiger partial charge in [-0.25, -0.2) is 18.4 Å². The Hall–Kier alpha value is -1.43. The summed E-state index contributed by atoms with van der Waals surface area (Å²) in [6.07, 6.45) is 7.26. The second kappa shape index (κ2) is 4.80. The van der Waals surface area contributed by atoms with Crippen molar-refractivity contribution in [3.8, 4) is 0 Å². The van der Waals surface area contributed by atoms with Crippen molar-refractivity contribution >= 4 is 21.0 Å². The molecule has 0 aromatic carbocycles. The van der Waals surface area contributed by atoms with Crippen LogP contribution in [0.5, 0.6) is 0 Å². The number of fused-ring (bicyclic) bond motifs is 1. The van der Waals surface area contributed by atoms with Crippen molar-refractivity contribution in [1.29, 1.82) is 0 Å². The van der Waals surface area contributed by atoms with Crippen molar-refractivity contribution in [2.45, 2.75) is 44.1 Å². The highest BCUT2D eigenvalue weighted by atomic mass is 32.2. The van der Waals surface area contributed by atoms with Gasteiger partial charge in [-0.3, -0.25) is 0 Å². The van der Waals surface area contributed by atoms with Crippen molar-refractivity contribution in [3.05, 3.63) is 24.2 Å². The molecular formula is C15H19N3O2S. The molecule has 112 valence electrons. The van der Waals surface area contributed by atoms with Gasteiger partial charge in [0.15, 0.2) is 15.5 Å². The fourth-order valence-electron chi connectivity index (χ4n) is 3.76. The van der Waals surface area contributed by atoms with E-state index in [2.05, 4.69) is 9.55 Å². The van der Waals surface area contributed by atoms with Crippen molar-refractivity contribution in [2.24, 2.45) is 0 Å². The third-order valence-electron chi connectivity index (χ3n) is 4.76. The van der Waals surface area contributed by atoms with E-state index in [0.717, 1.165) is 29.8 Å². The average Bonchev–Trinajstić information content (AvgIpc) is 3.15. The summed E-state index contributed by atoms with van der Waals surface area (Å²) in [7, 11) is -2.90. The van der Waals surface area contributed by atoms with Crippen LogP contribution in [0.3, 0.4) is 0 Å². The van der Waals surface area contributed by atoms with E-state index in [0.29, 0.717) is 18.2 Å². The quantitative estimate of drug-likeness (QED) is 0.855. The molecule has 2 aromatic rings. The van der Waals surface area contributed by atoms with Gasteiger partial charge in [0, 0.05) is 18.2 Å². The van der Waals surface area contributed by atoms with Gasteiger partial charge in [-0.05, 0) is 31.4 Å². The first-order chi connectivity index (χ1) is 10.1. The zero-order chi connectivity index (χ0) is 14.4. The zero-order valence-corrected chi connectivity index (χ0v) is 12.7. The molecule has 1 saturated heterocycles. The minimum atomic E-state index is -2.90. The summed E-state index contributed by atoms with van der Waals surface area (Å²) in [4.78, 5) is 9.25. The highest BCUT2D eigenvalue weighted by Crippen LogP contribution is 2.37. The lowest BCUT2D eigenvalue weighted by Gasteiger charge is -2.18. The molecule has 0 N–H and O–H groups in total. The minimum absolute atomic E-state index is 0.0322. The van der Waals surface area contributed by atoms with E-state index in [1.54, 1.807) is 6.20 Å². The van der Waals surface area contributed by atoms with E-state index >= 15 is 0 Å². The minimum Gasteiger partial charge on any atom is -0.309 e. The van der Waals surface area contributed by atoms with Crippen molar-refractivity contribution in [2.75, 3.05) is 11.5 Å². The SMILES string of the molecule is O=S1(=O)CCC(c2nc3cccnc3n2C2CCCC2)C1.